The summed E-state index contributed by atoms with van der Waals surface area (Å²) in [5, 5.41) is 12.9. The molecule has 0 heterocycles. The largest absolute Gasteiger partial charge is 0.573 e. The van der Waals surface area contributed by atoms with Crippen LogP contribution in [0.1, 0.15) is 0 Å². The summed E-state index contributed by atoms with van der Waals surface area (Å²) in [6.45, 7) is -0.554. The summed E-state index contributed by atoms with van der Waals surface area (Å²) in [7, 11) is 0. The maximum atomic E-state index is 12.3. The summed E-state index contributed by atoms with van der Waals surface area (Å²) in [5.74, 6) is -1.26. The van der Waals surface area contributed by atoms with E-state index in [0.717, 1.165) is 12.1 Å². The molecule has 1 N–H and O–H groups in total. The molecular formula is C15H11F3N2O5. The number of nitrogens with one attached hydrogen (secondary N) is 1. The second-order valence-electron chi connectivity index (χ2n) is 4.64. The first-order chi connectivity index (χ1) is 11.7. The van der Waals surface area contributed by atoms with Crippen LogP contribution in [0.4, 0.5) is 24.5 Å². The Bertz CT molecular complexity index is 780. The molecule has 0 unspecified atom stereocenters. The zero-order valence-electron chi connectivity index (χ0n) is 12.4. The lowest BCUT2D eigenvalue weighted by Gasteiger charge is -2.14. The van der Waals surface area contributed by atoms with Gasteiger partial charge in [0.2, 0.25) is 0 Å². The highest BCUT2D eigenvalue weighted by Gasteiger charge is 2.32. The van der Waals surface area contributed by atoms with E-state index in [9.17, 15) is 28.1 Å². The van der Waals surface area contributed by atoms with Crippen LogP contribution in [0.25, 0.3) is 0 Å². The van der Waals surface area contributed by atoms with Crippen molar-refractivity contribution in [1.29, 1.82) is 0 Å². The van der Waals surface area contributed by atoms with Crippen LogP contribution < -0.4 is 14.8 Å². The molecule has 2 aromatic rings. The normalized spacial score (nSPS) is 10.8. The number of benzene rings is 2. The second-order valence-corrected chi connectivity index (χ2v) is 4.64. The molecule has 0 saturated carbocycles. The first-order valence-corrected chi connectivity index (χ1v) is 6.76. The molecule has 25 heavy (non-hydrogen) atoms. The van der Waals surface area contributed by atoms with E-state index in [0.29, 0.717) is 0 Å². The zero-order chi connectivity index (χ0) is 18.4. The lowest BCUT2D eigenvalue weighted by atomic mass is 10.3. The Balaban J connectivity index is 1.99. The number of carbonyl (C=O) groups is 1. The monoisotopic (exact) mass is 356 g/mol. The number of anilines is 1. The number of nitro groups is 1. The molecule has 0 aliphatic carbocycles. The molecule has 132 valence electrons. The minimum atomic E-state index is -4.90. The van der Waals surface area contributed by atoms with Gasteiger partial charge in [-0.25, -0.2) is 0 Å². The molecule has 1 amide bonds. The summed E-state index contributed by atoms with van der Waals surface area (Å²) in [4.78, 5) is 21.8. The lowest BCUT2D eigenvalue weighted by Crippen LogP contribution is -2.22. The highest BCUT2D eigenvalue weighted by molar-refractivity contribution is 5.93. The molecule has 0 bridgehead atoms. The van der Waals surface area contributed by atoms with Crippen molar-refractivity contribution in [2.75, 3.05) is 11.9 Å². The van der Waals surface area contributed by atoms with Crippen molar-refractivity contribution in [3.8, 4) is 11.5 Å². The van der Waals surface area contributed by atoms with E-state index < -0.39 is 29.5 Å². The predicted molar refractivity (Wildman–Crippen MR) is 80.3 cm³/mol. The highest BCUT2D eigenvalue weighted by Crippen LogP contribution is 2.29. The smallest absolute Gasteiger partial charge is 0.484 e. The van der Waals surface area contributed by atoms with Crippen molar-refractivity contribution in [2.45, 2.75) is 6.36 Å². The number of amides is 1. The minimum Gasteiger partial charge on any atom is -0.484 e. The van der Waals surface area contributed by atoms with E-state index in [1.54, 1.807) is 0 Å². The third-order valence-electron chi connectivity index (χ3n) is 2.79. The van der Waals surface area contributed by atoms with Crippen molar-refractivity contribution >= 4 is 17.3 Å². The minimum absolute atomic E-state index is 0.0733. The molecule has 0 fully saturated rings. The number of carbonyl (C=O) groups excluding carboxylic acids is 1. The van der Waals surface area contributed by atoms with Crippen LogP contribution in [0.5, 0.6) is 11.5 Å². The fourth-order valence-corrected chi connectivity index (χ4v) is 1.81. The molecule has 7 nitrogen and oxygen atoms in total. The van der Waals surface area contributed by atoms with Gasteiger partial charge in [0.05, 0.1) is 16.7 Å². The first-order valence-electron chi connectivity index (χ1n) is 6.76. The number of ether oxygens (including phenoxy) is 2. The number of nitrogens with zero attached hydrogens (tertiary/aromatic N) is 1. The topological polar surface area (TPSA) is 90.7 Å². The van der Waals surface area contributed by atoms with Gasteiger partial charge in [-0.05, 0) is 18.2 Å². The van der Waals surface area contributed by atoms with Crippen LogP contribution in [0.2, 0.25) is 0 Å². The van der Waals surface area contributed by atoms with Crippen LogP contribution in [0, 0.1) is 10.1 Å². The molecule has 0 aromatic heterocycles. The molecular weight excluding hydrogens is 345 g/mol. The van der Waals surface area contributed by atoms with Gasteiger partial charge in [-0.15, -0.1) is 13.2 Å². The van der Waals surface area contributed by atoms with Gasteiger partial charge >= 0.3 is 6.36 Å². The zero-order valence-corrected chi connectivity index (χ0v) is 12.4. The molecule has 0 radical (unpaired) electrons. The first kappa shape index (κ1) is 18.0. The third-order valence-corrected chi connectivity index (χ3v) is 2.79. The van der Waals surface area contributed by atoms with Crippen molar-refractivity contribution in [3.63, 3.8) is 0 Å². The second kappa shape index (κ2) is 7.51. The Labute approximate surface area is 139 Å². The lowest BCUT2D eigenvalue weighted by molar-refractivity contribution is -0.384. The SMILES string of the molecule is O=C(COc1cccc([N+](=O)[O-])c1)Nc1ccccc1OC(F)(F)F. The number of rotatable bonds is 6. The Morgan fingerprint density at radius 2 is 1.88 bits per heavy atom. The van der Waals surface area contributed by atoms with Gasteiger partial charge in [-0.1, -0.05) is 18.2 Å². The van der Waals surface area contributed by atoms with Gasteiger partial charge in [0.15, 0.2) is 12.4 Å². The van der Waals surface area contributed by atoms with Gasteiger partial charge in [-0.2, -0.15) is 0 Å². The van der Waals surface area contributed by atoms with Gasteiger partial charge in [0.1, 0.15) is 5.75 Å². The summed E-state index contributed by atoms with van der Waals surface area (Å²) < 4.78 is 45.8. The van der Waals surface area contributed by atoms with E-state index in [-0.39, 0.29) is 17.1 Å². The van der Waals surface area contributed by atoms with E-state index in [2.05, 4.69) is 10.1 Å². The fraction of sp³-hybridized carbons (Fsp3) is 0.133. The molecule has 0 aliphatic rings. The van der Waals surface area contributed by atoms with Crippen LogP contribution in [-0.4, -0.2) is 23.8 Å². The molecule has 0 spiro atoms. The Morgan fingerprint density at radius 3 is 2.56 bits per heavy atom. The predicted octanol–water partition coefficient (Wildman–Crippen LogP) is 3.51. The number of para-hydroxylation sites is 2. The summed E-state index contributed by atoms with van der Waals surface area (Å²) in [6, 6.07) is 10.2. The number of alkyl halides is 3. The maximum absolute atomic E-state index is 12.3. The van der Waals surface area contributed by atoms with E-state index >= 15 is 0 Å². The number of nitro benzene ring substituents is 1. The fourth-order valence-electron chi connectivity index (χ4n) is 1.81. The average molecular weight is 356 g/mol. The highest BCUT2D eigenvalue weighted by atomic mass is 19.4. The summed E-state index contributed by atoms with van der Waals surface area (Å²) in [5.41, 5.74) is -0.408. The van der Waals surface area contributed by atoms with Gasteiger partial charge < -0.3 is 14.8 Å². The standard InChI is InChI=1S/C15H11F3N2O5/c16-15(17,18)25-13-7-2-1-6-12(13)19-14(21)9-24-11-5-3-4-10(8-11)20(22)23/h1-8H,9H2,(H,19,21). The number of hydrogen-bond acceptors (Lipinski definition) is 5. The van der Waals surface area contributed by atoms with Crippen LogP contribution in [-0.2, 0) is 4.79 Å². The van der Waals surface area contributed by atoms with Gasteiger partial charge in [0.25, 0.3) is 11.6 Å². The quantitative estimate of drug-likeness (QED) is 0.632. The van der Waals surface area contributed by atoms with Crippen molar-refractivity contribution < 1.29 is 32.4 Å². The Hall–Kier alpha value is -3.30. The van der Waals surface area contributed by atoms with E-state index in [1.165, 1.54) is 36.4 Å². The van der Waals surface area contributed by atoms with Crippen LogP contribution >= 0.6 is 0 Å². The van der Waals surface area contributed by atoms with Crippen molar-refractivity contribution in [2.24, 2.45) is 0 Å². The summed E-state index contributed by atoms with van der Waals surface area (Å²) in [6.07, 6.45) is -4.90. The van der Waals surface area contributed by atoms with Crippen LogP contribution in [0.15, 0.2) is 48.5 Å². The number of halogens is 3. The van der Waals surface area contributed by atoms with E-state index in [1.807, 2.05) is 0 Å². The van der Waals surface area contributed by atoms with E-state index in [4.69, 9.17) is 4.74 Å². The van der Waals surface area contributed by atoms with Crippen molar-refractivity contribution in [1.82, 2.24) is 0 Å². The molecule has 2 aromatic carbocycles. The molecule has 2 rings (SSSR count). The Kier molecular flexibility index (Phi) is 5.42. The average Bonchev–Trinajstić information content (AvgIpc) is 2.54. The molecule has 0 atom stereocenters. The summed E-state index contributed by atoms with van der Waals surface area (Å²) >= 11 is 0. The maximum Gasteiger partial charge on any atom is 0.573 e. The Morgan fingerprint density at radius 1 is 1.16 bits per heavy atom. The molecule has 0 saturated heterocycles. The number of non-ortho nitro benzene ring substituents is 1. The van der Waals surface area contributed by atoms with Gasteiger partial charge in [-0.3, -0.25) is 14.9 Å². The molecule has 0 aliphatic heterocycles. The molecule has 10 heteroatoms. The third kappa shape index (κ3) is 5.68. The van der Waals surface area contributed by atoms with Crippen molar-refractivity contribution in [3.05, 3.63) is 58.6 Å². The number of hydrogen-bond donors (Lipinski definition) is 1. The van der Waals surface area contributed by atoms with Gasteiger partial charge in [0, 0.05) is 6.07 Å². The van der Waals surface area contributed by atoms with Crippen LogP contribution in [0.3, 0.4) is 0 Å².